The van der Waals surface area contributed by atoms with Gasteiger partial charge in [-0.2, -0.15) is 0 Å². The minimum absolute atomic E-state index is 0.0350. The maximum absolute atomic E-state index is 13.6. The van der Waals surface area contributed by atoms with Crippen molar-refractivity contribution in [1.82, 2.24) is 10.3 Å². The van der Waals surface area contributed by atoms with Crippen LogP contribution in [0.2, 0.25) is 0 Å². The smallest absolute Gasteiger partial charge is 0.263 e. The maximum Gasteiger partial charge on any atom is 0.263 e. The van der Waals surface area contributed by atoms with Gasteiger partial charge in [-0.3, -0.25) is 14.6 Å². The summed E-state index contributed by atoms with van der Waals surface area (Å²) in [6.45, 7) is 6.78. The molecule has 2 heterocycles. The fourth-order valence-electron chi connectivity index (χ4n) is 2.70. The molecule has 8 heteroatoms. The van der Waals surface area contributed by atoms with E-state index in [9.17, 15) is 19.1 Å². The van der Waals surface area contributed by atoms with Crippen molar-refractivity contribution in [3.63, 3.8) is 0 Å². The molecule has 0 radical (unpaired) electrons. The number of halogens is 1. The van der Waals surface area contributed by atoms with Crippen LogP contribution in [0.3, 0.4) is 0 Å². The van der Waals surface area contributed by atoms with E-state index in [2.05, 4.69) is 36.4 Å². The van der Waals surface area contributed by atoms with Crippen LogP contribution in [0.25, 0.3) is 10.1 Å². The summed E-state index contributed by atoms with van der Waals surface area (Å²) >= 11 is 1.23. The second kappa shape index (κ2) is 8.16. The fourth-order valence-corrected chi connectivity index (χ4v) is 3.74. The van der Waals surface area contributed by atoms with Crippen molar-refractivity contribution < 1.29 is 19.1 Å². The van der Waals surface area contributed by atoms with E-state index >= 15 is 0 Å². The Morgan fingerprint density at radius 1 is 1.21 bits per heavy atom. The average Bonchev–Trinajstić information content (AvgIpc) is 3.01. The van der Waals surface area contributed by atoms with Gasteiger partial charge in [0.1, 0.15) is 4.88 Å². The van der Waals surface area contributed by atoms with Gasteiger partial charge >= 0.3 is 0 Å². The molecule has 6 nitrogen and oxygen atoms in total. The molecule has 2 aromatic heterocycles. The predicted octanol–water partition coefficient (Wildman–Crippen LogP) is 4.56. The van der Waals surface area contributed by atoms with E-state index in [1.54, 1.807) is 18.5 Å². The molecule has 3 aromatic rings. The van der Waals surface area contributed by atoms with Gasteiger partial charge in [0.15, 0.2) is 11.6 Å². The molecule has 0 saturated carbocycles. The van der Waals surface area contributed by atoms with Crippen LogP contribution in [-0.2, 0) is 0 Å². The number of aromatic hydroxyl groups is 1. The van der Waals surface area contributed by atoms with E-state index in [-0.39, 0.29) is 16.9 Å². The number of phenolic OH excluding ortho intramolecular Hbond substituents is 1. The normalized spacial score (nSPS) is 11.4. The van der Waals surface area contributed by atoms with E-state index in [1.807, 2.05) is 0 Å². The molecule has 1 aromatic carbocycles. The number of benzene rings is 1. The summed E-state index contributed by atoms with van der Waals surface area (Å²) < 4.78 is 14.4. The molecule has 3 rings (SSSR count). The summed E-state index contributed by atoms with van der Waals surface area (Å²) in [4.78, 5) is 29.8. The molecule has 0 aliphatic rings. The molecule has 0 bridgehead atoms. The molecule has 0 aliphatic heterocycles. The Morgan fingerprint density at radius 3 is 2.66 bits per heavy atom. The summed E-state index contributed by atoms with van der Waals surface area (Å²) in [6.07, 6.45) is 4.01. The van der Waals surface area contributed by atoms with Crippen LogP contribution in [-0.4, -0.2) is 28.4 Å². The highest BCUT2D eigenvalue weighted by Crippen LogP contribution is 2.35. The van der Waals surface area contributed by atoms with Crippen molar-refractivity contribution >= 4 is 38.9 Å². The highest BCUT2D eigenvalue weighted by Gasteiger charge is 2.22. The third kappa shape index (κ3) is 4.89. The van der Waals surface area contributed by atoms with Crippen LogP contribution in [0.5, 0.6) is 5.75 Å². The Hall–Kier alpha value is -3.00. The lowest BCUT2D eigenvalue weighted by Crippen LogP contribution is -2.27. The monoisotopic (exact) mass is 415 g/mol. The molecular formula is C21H22FN3O3S. The molecule has 29 heavy (non-hydrogen) atoms. The van der Waals surface area contributed by atoms with Crippen LogP contribution < -0.4 is 10.6 Å². The zero-order valence-electron chi connectivity index (χ0n) is 16.4. The van der Waals surface area contributed by atoms with Gasteiger partial charge in [0.2, 0.25) is 0 Å². The third-order valence-corrected chi connectivity index (χ3v) is 5.45. The fraction of sp³-hybridized carbons (Fsp3) is 0.286. The molecule has 2 amide bonds. The lowest BCUT2D eigenvalue weighted by Gasteiger charge is -2.18. The van der Waals surface area contributed by atoms with Gasteiger partial charge in [-0.25, -0.2) is 4.39 Å². The molecular weight excluding hydrogens is 393 g/mol. The van der Waals surface area contributed by atoms with Gasteiger partial charge in [-0.1, -0.05) is 20.8 Å². The first-order valence-corrected chi connectivity index (χ1v) is 9.92. The van der Waals surface area contributed by atoms with E-state index in [0.29, 0.717) is 22.5 Å². The molecule has 0 fully saturated rings. The first kappa shape index (κ1) is 20.7. The van der Waals surface area contributed by atoms with Gasteiger partial charge in [0.25, 0.3) is 11.8 Å². The van der Waals surface area contributed by atoms with Crippen molar-refractivity contribution in [2.45, 2.75) is 27.2 Å². The van der Waals surface area contributed by atoms with Crippen molar-refractivity contribution in [3.05, 3.63) is 52.9 Å². The first-order chi connectivity index (χ1) is 13.7. The van der Waals surface area contributed by atoms with Crippen LogP contribution >= 0.6 is 11.3 Å². The van der Waals surface area contributed by atoms with E-state index in [4.69, 9.17) is 0 Å². The lowest BCUT2D eigenvalue weighted by molar-refractivity contribution is 0.0954. The number of aromatic nitrogens is 1. The highest BCUT2D eigenvalue weighted by molar-refractivity contribution is 7.21. The zero-order chi connectivity index (χ0) is 21.2. The van der Waals surface area contributed by atoms with Crippen LogP contribution in [0.1, 0.15) is 47.2 Å². The lowest BCUT2D eigenvalue weighted by atomic mass is 9.92. The number of rotatable bonds is 5. The number of hydrogen-bond donors (Lipinski definition) is 3. The molecule has 152 valence electrons. The second-order valence-corrected chi connectivity index (χ2v) is 8.92. The van der Waals surface area contributed by atoms with E-state index in [0.717, 1.165) is 23.3 Å². The molecule has 0 atom stereocenters. The van der Waals surface area contributed by atoms with Gasteiger partial charge in [-0.05, 0) is 36.1 Å². The number of pyridine rings is 1. The predicted molar refractivity (Wildman–Crippen MR) is 112 cm³/mol. The summed E-state index contributed by atoms with van der Waals surface area (Å²) in [5, 5.41) is 15.6. The van der Waals surface area contributed by atoms with Gasteiger partial charge in [0.05, 0.1) is 10.4 Å². The third-order valence-electron chi connectivity index (χ3n) is 4.31. The molecule has 3 N–H and O–H groups in total. The number of nitrogens with zero attached hydrogens (tertiary/aromatic N) is 1. The zero-order valence-corrected chi connectivity index (χ0v) is 17.2. The van der Waals surface area contributed by atoms with Crippen molar-refractivity contribution in [2.24, 2.45) is 5.41 Å². The van der Waals surface area contributed by atoms with Crippen LogP contribution in [0.4, 0.5) is 10.1 Å². The number of fused-ring (bicyclic) bond motifs is 1. The minimum Gasteiger partial charge on any atom is -0.505 e. The van der Waals surface area contributed by atoms with Crippen molar-refractivity contribution in [2.75, 3.05) is 11.9 Å². The molecule has 0 aliphatic carbocycles. The van der Waals surface area contributed by atoms with Gasteiger partial charge < -0.3 is 15.7 Å². The molecule has 0 saturated heterocycles. The number of hydrogen-bond acceptors (Lipinski definition) is 5. The quantitative estimate of drug-likeness (QED) is 0.570. The Morgan fingerprint density at radius 2 is 1.97 bits per heavy atom. The van der Waals surface area contributed by atoms with E-state index < -0.39 is 17.5 Å². The Bertz CT molecular complexity index is 1070. The topological polar surface area (TPSA) is 91.3 Å². The Kier molecular flexibility index (Phi) is 5.83. The number of thiophene rings is 1. The van der Waals surface area contributed by atoms with E-state index in [1.165, 1.54) is 17.4 Å². The van der Waals surface area contributed by atoms with Crippen LogP contribution in [0.15, 0.2) is 36.7 Å². The SMILES string of the molecule is CC(C)(C)CCNC(=O)c1sc2cnccc2c1NC(=O)c1ccc(O)c(F)c1. The number of nitrogens with one attached hydrogen (secondary N) is 2. The highest BCUT2D eigenvalue weighted by atomic mass is 32.1. The largest absolute Gasteiger partial charge is 0.505 e. The summed E-state index contributed by atoms with van der Waals surface area (Å²) in [7, 11) is 0. The Balaban J connectivity index is 1.89. The van der Waals surface area contributed by atoms with Gasteiger partial charge in [0, 0.05) is 29.9 Å². The second-order valence-electron chi connectivity index (χ2n) is 7.86. The minimum atomic E-state index is -0.892. The number of phenols is 1. The molecule has 0 spiro atoms. The summed E-state index contributed by atoms with van der Waals surface area (Å²) in [6, 6.07) is 5.08. The summed E-state index contributed by atoms with van der Waals surface area (Å²) in [5.41, 5.74) is 0.476. The van der Waals surface area contributed by atoms with Crippen molar-refractivity contribution in [1.29, 1.82) is 0 Å². The summed E-state index contributed by atoms with van der Waals surface area (Å²) in [5.74, 6) is -2.29. The van der Waals surface area contributed by atoms with Crippen molar-refractivity contribution in [3.8, 4) is 5.75 Å². The Labute approximate surface area is 171 Å². The number of anilines is 1. The molecule has 0 unspecified atom stereocenters. The average molecular weight is 415 g/mol. The van der Waals surface area contributed by atoms with Gasteiger partial charge in [-0.15, -0.1) is 11.3 Å². The maximum atomic E-state index is 13.6. The number of carbonyl (C=O) groups is 2. The number of carbonyl (C=O) groups excluding carboxylic acids is 2. The van der Waals surface area contributed by atoms with Crippen LogP contribution in [0, 0.1) is 11.2 Å². The number of amides is 2. The first-order valence-electron chi connectivity index (χ1n) is 9.10. The standard InChI is InChI=1S/C21H22FN3O3S/c1-21(2,3)7-9-24-20(28)18-17(13-6-8-23-11-16(13)29-18)25-19(27)12-4-5-15(26)14(22)10-12/h4-6,8,10-11,26H,7,9H2,1-3H3,(H,24,28)(H,25,27).